The Hall–Kier alpha value is -1.61. The number of nitrogens with two attached hydrogens (primary N) is 1. The van der Waals surface area contributed by atoms with E-state index in [1.165, 1.54) is 19.1 Å². The van der Waals surface area contributed by atoms with Gasteiger partial charge in [0.2, 0.25) is 10.0 Å². The molecule has 0 aliphatic heterocycles. The largest absolute Gasteiger partial charge is 0.406 e. The van der Waals surface area contributed by atoms with Gasteiger partial charge >= 0.3 is 6.18 Å². The molecule has 1 aromatic carbocycles. The van der Waals surface area contributed by atoms with E-state index in [0.717, 1.165) is 13.1 Å². The lowest BCUT2D eigenvalue weighted by Gasteiger charge is -2.19. The van der Waals surface area contributed by atoms with Crippen molar-refractivity contribution in [2.24, 2.45) is 5.14 Å². The van der Waals surface area contributed by atoms with Crippen molar-refractivity contribution < 1.29 is 26.4 Å². The average Bonchev–Trinajstić information content (AvgIpc) is 2.24. The third-order valence-corrected chi connectivity index (χ3v) is 3.56. The van der Waals surface area contributed by atoms with Gasteiger partial charge in [-0.05, 0) is 24.6 Å². The van der Waals surface area contributed by atoms with Gasteiger partial charge in [0.1, 0.15) is 6.54 Å². The van der Waals surface area contributed by atoms with E-state index in [1.807, 2.05) is 0 Å². The molecule has 0 spiro atoms. The molecule has 0 fully saturated rings. The molecule has 0 heterocycles. The van der Waals surface area contributed by atoms with Crippen LogP contribution in [0.1, 0.15) is 15.9 Å². The summed E-state index contributed by atoms with van der Waals surface area (Å²) in [6.07, 6.45) is -4.53. The van der Waals surface area contributed by atoms with Crippen LogP contribution in [-0.2, 0) is 10.0 Å². The Morgan fingerprint density at radius 1 is 1.35 bits per heavy atom. The van der Waals surface area contributed by atoms with Gasteiger partial charge in [0.15, 0.2) is 0 Å². The molecule has 0 saturated heterocycles. The number of nitrogens with zero attached hydrogens (tertiary/aromatic N) is 1. The average molecular weight is 310 g/mol. The van der Waals surface area contributed by atoms with E-state index in [-0.39, 0.29) is 10.5 Å². The molecule has 1 aromatic rings. The fourth-order valence-electron chi connectivity index (χ4n) is 1.60. The molecule has 0 aliphatic rings. The summed E-state index contributed by atoms with van der Waals surface area (Å²) >= 11 is 0. The normalized spacial score (nSPS) is 12.3. The first-order valence-corrected chi connectivity index (χ1v) is 6.92. The summed E-state index contributed by atoms with van der Waals surface area (Å²) in [5.74, 6) is -0.938. The van der Waals surface area contributed by atoms with E-state index in [1.54, 1.807) is 0 Å². The summed E-state index contributed by atoms with van der Waals surface area (Å²) < 4.78 is 59.2. The standard InChI is InChI=1S/C11H13F3N2O3S/c1-7-3-4-8(5-9(7)20(15,18)19)10(17)16(2)6-11(12,13)14/h3-5H,6H2,1-2H3,(H2,15,18,19). The zero-order valence-electron chi connectivity index (χ0n) is 10.7. The fourth-order valence-corrected chi connectivity index (χ4v) is 2.41. The molecule has 0 atom stereocenters. The maximum atomic E-state index is 12.2. The summed E-state index contributed by atoms with van der Waals surface area (Å²) in [6, 6.07) is 3.54. The number of hydrogen-bond donors (Lipinski definition) is 1. The van der Waals surface area contributed by atoms with Crippen LogP contribution in [0.25, 0.3) is 0 Å². The van der Waals surface area contributed by atoms with Crippen molar-refractivity contribution in [3.8, 4) is 0 Å². The summed E-state index contributed by atoms with van der Waals surface area (Å²) in [4.78, 5) is 12.0. The summed E-state index contributed by atoms with van der Waals surface area (Å²) in [5.41, 5.74) is 0.133. The minimum Gasteiger partial charge on any atom is -0.333 e. The zero-order chi connectivity index (χ0) is 15.7. The summed E-state index contributed by atoms with van der Waals surface area (Å²) in [7, 11) is -3.06. The molecule has 1 rings (SSSR count). The van der Waals surface area contributed by atoms with E-state index in [0.29, 0.717) is 10.5 Å². The van der Waals surface area contributed by atoms with Crippen molar-refractivity contribution in [3.05, 3.63) is 29.3 Å². The first kappa shape index (κ1) is 16.4. The molecular formula is C11H13F3N2O3S. The Kier molecular flexibility index (Phi) is 4.45. The van der Waals surface area contributed by atoms with Crippen LogP contribution in [0.4, 0.5) is 13.2 Å². The molecule has 112 valence electrons. The second-order valence-electron chi connectivity index (χ2n) is 4.30. The molecule has 20 heavy (non-hydrogen) atoms. The number of rotatable bonds is 3. The van der Waals surface area contributed by atoms with Crippen LogP contribution in [-0.4, -0.2) is 39.0 Å². The number of aryl methyl sites for hydroxylation is 1. The van der Waals surface area contributed by atoms with Crippen molar-refractivity contribution >= 4 is 15.9 Å². The first-order valence-electron chi connectivity index (χ1n) is 5.37. The third kappa shape index (κ3) is 4.20. The molecular weight excluding hydrogens is 297 g/mol. The van der Waals surface area contributed by atoms with Crippen LogP contribution in [0, 0.1) is 6.92 Å². The molecule has 0 unspecified atom stereocenters. The van der Waals surface area contributed by atoms with E-state index < -0.39 is 28.7 Å². The van der Waals surface area contributed by atoms with E-state index in [2.05, 4.69) is 0 Å². The number of sulfonamides is 1. The second kappa shape index (κ2) is 5.41. The van der Waals surface area contributed by atoms with Crippen LogP contribution < -0.4 is 5.14 Å². The SMILES string of the molecule is Cc1ccc(C(=O)N(C)CC(F)(F)F)cc1S(N)(=O)=O. The van der Waals surface area contributed by atoms with Gasteiger partial charge in [-0.15, -0.1) is 0 Å². The van der Waals surface area contributed by atoms with E-state index in [9.17, 15) is 26.4 Å². The van der Waals surface area contributed by atoms with E-state index >= 15 is 0 Å². The van der Waals surface area contributed by atoms with Crippen LogP contribution in [0.15, 0.2) is 23.1 Å². The Morgan fingerprint density at radius 2 is 1.90 bits per heavy atom. The molecule has 0 aromatic heterocycles. The molecule has 0 bridgehead atoms. The molecule has 0 aliphatic carbocycles. The number of hydrogen-bond acceptors (Lipinski definition) is 3. The maximum Gasteiger partial charge on any atom is 0.406 e. The maximum absolute atomic E-state index is 12.2. The number of carbonyl (C=O) groups excluding carboxylic acids is 1. The lowest BCUT2D eigenvalue weighted by atomic mass is 10.1. The highest BCUT2D eigenvalue weighted by molar-refractivity contribution is 7.89. The summed E-state index contributed by atoms with van der Waals surface area (Å²) in [6.45, 7) is 0.0395. The lowest BCUT2D eigenvalue weighted by molar-refractivity contribution is -0.138. The number of benzene rings is 1. The molecule has 0 saturated carbocycles. The highest BCUT2D eigenvalue weighted by Gasteiger charge is 2.31. The molecule has 2 N–H and O–H groups in total. The van der Waals surface area contributed by atoms with Gasteiger partial charge in [0.05, 0.1) is 4.90 Å². The Labute approximate surface area is 114 Å². The van der Waals surface area contributed by atoms with Gasteiger partial charge in [-0.3, -0.25) is 4.79 Å². The van der Waals surface area contributed by atoms with Gasteiger partial charge in [0, 0.05) is 12.6 Å². The predicted molar refractivity (Wildman–Crippen MR) is 65.6 cm³/mol. The third-order valence-electron chi connectivity index (χ3n) is 2.50. The van der Waals surface area contributed by atoms with Crippen LogP contribution >= 0.6 is 0 Å². The highest BCUT2D eigenvalue weighted by Crippen LogP contribution is 2.19. The van der Waals surface area contributed by atoms with Crippen molar-refractivity contribution in [1.82, 2.24) is 4.90 Å². The smallest absolute Gasteiger partial charge is 0.333 e. The van der Waals surface area contributed by atoms with Gasteiger partial charge in [0.25, 0.3) is 5.91 Å². The van der Waals surface area contributed by atoms with Crippen LogP contribution in [0.2, 0.25) is 0 Å². The monoisotopic (exact) mass is 310 g/mol. The Balaban J connectivity index is 3.13. The van der Waals surface area contributed by atoms with Gasteiger partial charge in [-0.1, -0.05) is 6.07 Å². The van der Waals surface area contributed by atoms with E-state index in [4.69, 9.17) is 5.14 Å². The van der Waals surface area contributed by atoms with Gasteiger partial charge < -0.3 is 4.90 Å². The lowest BCUT2D eigenvalue weighted by Crippen LogP contribution is -2.35. The quantitative estimate of drug-likeness (QED) is 0.913. The van der Waals surface area contributed by atoms with Crippen LogP contribution in [0.5, 0.6) is 0 Å². The zero-order valence-corrected chi connectivity index (χ0v) is 11.5. The number of carbonyl (C=O) groups is 1. The van der Waals surface area contributed by atoms with Crippen molar-refractivity contribution in [3.63, 3.8) is 0 Å². The number of amides is 1. The van der Waals surface area contributed by atoms with Crippen molar-refractivity contribution in [2.45, 2.75) is 18.0 Å². The molecule has 0 radical (unpaired) electrons. The van der Waals surface area contributed by atoms with Crippen molar-refractivity contribution in [1.29, 1.82) is 0 Å². The Morgan fingerprint density at radius 3 is 2.35 bits per heavy atom. The minimum absolute atomic E-state index is 0.175. The van der Waals surface area contributed by atoms with Crippen molar-refractivity contribution in [2.75, 3.05) is 13.6 Å². The second-order valence-corrected chi connectivity index (χ2v) is 5.83. The molecule has 9 heteroatoms. The number of halogens is 3. The first-order chi connectivity index (χ1) is 8.92. The number of alkyl halides is 3. The predicted octanol–water partition coefficient (Wildman–Crippen LogP) is 1.28. The van der Waals surface area contributed by atoms with Gasteiger partial charge in [-0.2, -0.15) is 13.2 Å². The molecule has 1 amide bonds. The minimum atomic E-state index is -4.53. The Bertz CT molecular complexity index is 626. The highest BCUT2D eigenvalue weighted by atomic mass is 32.2. The van der Waals surface area contributed by atoms with Gasteiger partial charge in [-0.25, -0.2) is 13.6 Å². The molecule has 5 nitrogen and oxygen atoms in total. The van der Waals surface area contributed by atoms with Crippen LogP contribution in [0.3, 0.4) is 0 Å². The topological polar surface area (TPSA) is 80.5 Å². The number of primary sulfonamides is 1. The fraction of sp³-hybridized carbons (Fsp3) is 0.364. The summed E-state index contributed by atoms with van der Waals surface area (Å²) in [5, 5.41) is 4.97.